The normalized spacial score (nSPS) is 20.4. The Balaban J connectivity index is 2.05. The maximum Gasteiger partial charge on any atom is 0.352 e. The molecular formula is C14H18N4O2. The van der Waals surface area contributed by atoms with Gasteiger partial charge in [0.15, 0.2) is 5.65 Å². The number of carbonyl (C=O) groups is 1. The van der Waals surface area contributed by atoms with Crippen molar-refractivity contribution in [1.82, 2.24) is 19.5 Å². The van der Waals surface area contributed by atoms with E-state index in [4.69, 9.17) is 0 Å². The second-order valence-corrected chi connectivity index (χ2v) is 5.20. The molecule has 0 aromatic carbocycles. The minimum Gasteiger partial charge on any atom is -0.477 e. The molecule has 1 unspecified atom stereocenters. The molecule has 1 atom stereocenters. The Morgan fingerprint density at radius 2 is 2.30 bits per heavy atom. The van der Waals surface area contributed by atoms with Crippen LogP contribution in [0.2, 0.25) is 0 Å². The molecule has 0 amide bonds. The average molecular weight is 274 g/mol. The van der Waals surface area contributed by atoms with Crippen molar-refractivity contribution >= 4 is 11.6 Å². The number of aromatic carboxylic acids is 1. The van der Waals surface area contributed by atoms with Crippen LogP contribution in [0.3, 0.4) is 0 Å². The van der Waals surface area contributed by atoms with Gasteiger partial charge in [-0.3, -0.25) is 4.40 Å². The Morgan fingerprint density at radius 1 is 1.45 bits per heavy atom. The Morgan fingerprint density at radius 3 is 3.05 bits per heavy atom. The molecule has 0 spiro atoms. The monoisotopic (exact) mass is 274 g/mol. The van der Waals surface area contributed by atoms with Gasteiger partial charge in [-0.15, -0.1) is 10.2 Å². The molecule has 3 heterocycles. The Kier molecular flexibility index (Phi) is 3.40. The van der Waals surface area contributed by atoms with Gasteiger partial charge in [0.2, 0.25) is 0 Å². The summed E-state index contributed by atoms with van der Waals surface area (Å²) in [6.07, 6.45) is 2.15. The molecule has 1 fully saturated rings. The van der Waals surface area contributed by atoms with Crippen LogP contribution in [0.15, 0.2) is 18.2 Å². The van der Waals surface area contributed by atoms with Crippen LogP contribution in [0, 0.1) is 0 Å². The number of carboxylic acid groups (broad SMARTS) is 1. The Labute approximate surface area is 117 Å². The second kappa shape index (κ2) is 5.20. The van der Waals surface area contributed by atoms with E-state index in [1.807, 2.05) is 0 Å². The number of fused-ring (bicyclic) bond motifs is 1. The molecule has 1 aliphatic heterocycles. The third kappa shape index (κ3) is 2.16. The maximum absolute atomic E-state index is 11.4. The SMILES string of the molecule is CCN1CCCC(c2nnc3cccc(C(=O)O)n23)C1. The van der Waals surface area contributed by atoms with E-state index in [1.54, 1.807) is 22.6 Å². The van der Waals surface area contributed by atoms with Crippen LogP contribution in [0.25, 0.3) is 5.65 Å². The van der Waals surface area contributed by atoms with Gasteiger partial charge in [-0.2, -0.15) is 0 Å². The number of hydrogen-bond acceptors (Lipinski definition) is 4. The van der Waals surface area contributed by atoms with Crippen molar-refractivity contribution in [1.29, 1.82) is 0 Å². The summed E-state index contributed by atoms with van der Waals surface area (Å²) in [5.74, 6) is 0.0788. The molecule has 1 aliphatic rings. The van der Waals surface area contributed by atoms with Crippen LogP contribution in [-0.2, 0) is 0 Å². The van der Waals surface area contributed by atoms with Gasteiger partial charge >= 0.3 is 5.97 Å². The highest BCUT2D eigenvalue weighted by Crippen LogP contribution is 2.26. The van der Waals surface area contributed by atoms with Crippen molar-refractivity contribution in [3.8, 4) is 0 Å². The summed E-state index contributed by atoms with van der Waals surface area (Å²) >= 11 is 0. The lowest BCUT2D eigenvalue weighted by Gasteiger charge is -2.30. The van der Waals surface area contributed by atoms with Crippen molar-refractivity contribution in [2.75, 3.05) is 19.6 Å². The molecule has 6 nitrogen and oxygen atoms in total. The number of piperidine rings is 1. The maximum atomic E-state index is 11.4. The van der Waals surface area contributed by atoms with E-state index in [-0.39, 0.29) is 11.6 Å². The molecule has 0 aliphatic carbocycles. The van der Waals surface area contributed by atoms with Gasteiger partial charge in [-0.1, -0.05) is 13.0 Å². The summed E-state index contributed by atoms with van der Waals surface area (Å²) in [7, 11) is 0. The third-order valence-corrected chi connectivity index (χ3v) is 3.99. The molecule has 2 aromatic rings. The highest BCUT2D eigenvalue weighted by molar-refractivity contribution is 5.86. The van der Waals surface area contributed by atoms with E-state index in [9.17, 15) is 9.90 Å². The lowest BCUT2D eigenvalue weighted by atomic mass is 9.97. The molecule has 0 bridgehead atoms. The fourth-order valence-corrected chi connectivity index (χ4v) is 2.95. The largest absolute Gasteiger partial charge is 0.477 e. The first kappa shape index (κ1) is 13.1. The molecule has 1 saturated heterocycles. The molecule has 0 radical (unpaired) electrons. The number of nitrogens with zero attached hydrogens (tertiary/aromatic N) is 4. The number of rotatable bonds is 3. The predicted molar refractivity (Wildman–Crippen MR) is 74.0 cm³/mol. The van der Waals surface area contributed by atoms with Gasteiger partial charge in [0.05, 0.1) is 0 Å². The van der Waals surface area contributed by atoms with Gasteiger partial charge in [-0.25, -0.2) is 4.79 Å². The smallest absolute Gasteiger partial charge is 0.352 e. The molecule has 106 valence electrons. The fraction of sp³-hybridized carbons (Fsp3) is 0.500. The topological polar surface area (TPSA) is 70.7 Å². The molecule has 1 N–H and O–H groups in total. The molecule has 3 rings (SSSR count). The lowest BCUT2D eigenvalue weighted by Crippen LogP contribution is -2.35. The van der Waals surface area contributed by atoms with Gasteiger partial charge in [0, 0.05) is 12.5 Å². The van der Waals surface area contributed by atoms with E-state index in [2.05, 4.69) is 22.0 Å². The minimum atomic E-state index is -0.945. The van der Waals surface area contributed by atoms with E-state index in [1.165, 1.54) is 0 Å². The molecular weight excluding hydrogens is 256 g/mol. The third-order valence-electron chi connectivity index (χ3n) is 3.99. The van der Waals surface area contributed by atoms with Crippen LogP contribution >= 0.6 is 0 Å². The predicted octanol–water partition coefficient (Wildman–Crippen LogP) is 1.63. The first-order chi connectivity index (χ1) is 9.70. The summed E-state index contributed by atoms with van der Waals surface area (Å²) in [5.41, 5.74) is 0.838. The van der Waals surface area contributed by atoms with Crippen LogP contribution in [0.1, 0.15) is 42.0 Å². The molecule has 2 aromatic heterocycles. The summed E-state index contributed by atoms with van der Waals surface area (Å²) in [6, 6.07) is 5.10. The number of hydrogen-bond donors (Lipinski definition) is 1. The quantitative estimate of drug-likeness (QED) is 0.921. The first-order valence-electron chi connectivity index (χ1n) is 7.00. The average Bonchev–Trinajstić information content (AvgIpc) is 2.91. The van der Waals surface area contributed by atoms with Crippen LogP contribution in [-0.4, -0.2) is 50.2 Å². The second-order valence-electron chi connectivity index (χ2n) is 5.20. The summed E-state index contributed by atoms with van der Waals surface area (Å²) < 4.78 is 1.69. The van der Waals surface area contributed by atoms with Gasteiger partial charge in [0.25, 0.3) is 0 Å². The highest BCUT2D eigenvalue weighted by atomic mass is 16.4. The standard InChI is InChI=1S/C14H18N4O2/c1-2-17-8-4-5-10(9-17)13-16-15-12-7-3-6-11(14(19)20)18(12)13/h3,6-7,10H,2,4-5,8-9H2,1H3,(H,19,20). The van der Waals surface area contributed by atoms with Crippen molar-refractivity contribution in [3.05, 3.63) is 29.7 Å². The van der Waals surface area contributed by atoms with Gasteiger partial charge < -0.3 is 10.0 Å². The van der Waals surface area contributed by atoms with Crippen molar-refractivity contribution in [2.45, 2.75) is 25.7 Å². The first-order valence-corrected chi connectivity index (χ1v) is 7.00. The van der Waals surface area contributed by atoms with E-state index in [0.717, 1.165) is 38.3 Å². The van der Waals surface area contributed by atoms with Crippen molar-refractivity contribution in [2.24, 2.45) is 0 Å². The van der Waals surface area contributed by atoms with Crippen LogP contribution in [0.4, 0.5) is 0 Å². The fourth-order valence-electron chi connectivity index (χ4n) is 2.95. The van der Waals surface area contributed by atoms with Crippen LogP contribution < -0.4 is 0 Å². The minimum absolute atomic E-state index is 0.233. The molecule has 0 saturated carbocycles. The summed E-state index contributed by atoms with van der Waals surface area (Å²) in [5, 5.41) is 17.7. The number of carboxylic acids is 1. The molecule has 6 heteroatoms. The van der Waals surface area contributed by atoms with Crippen molar-refractivity contribution < 1.29 is 9.90 Å². The Bertz CT molecular complexity index is 637. The zero-order chi connectivity index (χ0) is 14.1. The van der Waals surface area contributed by atoms with E-state index >= 15 is 0 Å². The zero-order valence-corrected chi connectivity index (χ0v) is 11.5. The number of pyridine rings is 1. The zero-order valence-electron chi connectivity index (χ0n) is 11.5. The summed E-state index contributed by atoms with van der Waals surface area (Å²) in [4.78, 5) is 13.8. The lowest BCUT2D eigenvalue weighted by molar-refractivity contribution is 0.0688. The Hall–Kier alpha value is -1.95. The molecule has 20 heavy (non-hydrogen) atoms. The van der Waals surface area contributed by atoms with E-state index < -0.39 is 5.97 Å². The van der Waals surface area contributed by atoms with E-state index in [0.29, 0.717) is 5.65 Å². The van der Waals surface area contributed by atoms with Crippen molar-refractivity contribution in [3.63, 3.8) is 0 Å². The number of aromatic nitrogens is 3. The summed E-state index contributed by atoms with van der Waals surface area (Å²) in [6.45, 7) is 5.19. The highest BCUT2D eigenvalue weighted by Gasteiger charge is 2.26. The van der Waals surface area contributed by atoms with Gasteiger partial charge in [0.1, 0.15) is 11.5 Å². The van der Waals surface area contributed by atoms with Gasteiger partial charge in [-0.05, 0) is 38.1 Å². The number of likely N-dealkylation sites (N-methyl/N-ethyl adjacent to an activating group) is 1. The number of likely N-dealkylation sites (tertiary alicyclic amines) is 1. The van der Waals surface area contributed by atoms with Crippen LogP contribution in [0.5, 0.6) is 0 Å².